The Labute approximate surface area is 329 Å². The summed E-state index contributed by atoms with van der Waals surface area (Å²) in [7, 11) is 0. The minimum atomic E-state index is 1.11. The van der Waals surface area contributed by atoms with Crippen LogP contribution in [0.3, 0.4) is 0 Å². The van der Waals surface area contributed by atoms with E-state index in [-0.39, 0.29) is 0 Å². The van der Waals surface area contributed by atoms with E-state index in [1.165, 1.54) is 85.6 Å². The van der Waals surface area contributed by atoms with Crippen molar-refractivity contribution < 1.29 is 0 Å². The summed E-state index contributed by atoms with van der Waals surface area (Å²) in [6.45, 7) is 10.2. The highest BCUT2D eigenvalue weighted by Gasteiger charge is 2.15. The van der Waals surface area contributed by atoms with Crippen LogP contribution in [0.15, 0.2) is 201 Å². The van der Waals surface area contributed by atoms with E-state index in [1.807, 2.05) is 24.3 Å². The molecular weight excluding hydrogens is 663 g/mol. The predicted molar refractivity (Wildman–Crippen MR) is 241 cm³/mol. The molecule has 0 atom stereocenters. The summed E-state index contributed by atoms with van der Waals surface area (Å²) in [6, 6.07) is 67.1. The average Bonchev–Trinajstić information content (AvgIpc) is 3.23. The molecule has 0 fully saturated rings. The van der Waals surface area contributed by atoms with E-state index in [1.54, 1.807) is 0 Å². The fourth-order valence-electron chi connectivity index (χ4n) is 6.91. The van der Waals surface area contributed by atoms with Gasteiger partial charge in [-0.15, -0.1) is 6.58 Å². The van der Waals surface area contributed by atoms with E-state index in [9.17, 15) is 0 Å². The molecule has 8 rings (SSSR count). The number of anilines is 3. The number of rotatable bonds is 10. The Balaban J connectivity index is 0.000000231. The van der Waals surface area contributed by atoms with Gasteiger partial charge in [-0.3, -0.25) is 0 Å². The summed E-state index contributed by atoms with van der Waals surface area (Å²) in [5.41, 5.74) is 11.3. The van der Waals surface area contributed by atoms with Gasteiger partial charge in [0.2, 0.25) is 0 Å². The first kappa shape index (κ1) is 38.5. The molecule has 8 aromatic carbocycles. The zero-order valence-electron chi connectivity index (χ0n) is 32.7. The van der Waals surface area contributed by atoms with E-state index >= 15 is 0 Å². The third-order valence-corrected chi connectivity index (χ3v) is 10.0. The van der Waals surface area contributed by atoms with Crippen molar-refractivity contribution in [2.75, 3.05) is 4.90 Å². The molecule has 0 amide bonds. The maximum Gasteiger partial charge on any atom is 0.0540 e. The van der Waals surface area contributed by atoms with Crippen molar-refractivity contribution in [2.24, 2.45) is 0 Å². The molecule has 0 heterocycles. The van der Waals surface area contributed by atoms with Gasteiger partial charge in [0.15, 0.2) is 0 Å². The van der Waals surface area contributed by atoms with Gasteiger partial charge in [0.1, 0.15) is 0 Å². The molecule has 1 heteroatoms. The van der Waals surface area contributed by atoms with Crippen LogP contribution in [0.2, 0.25) is 0 Å². The Morgan fingerprint density at radius 2 is 0.945 bits per heavy atom. The summed E-state index contributed by atoms with van der Waals surface area (Å²) in [4.78, 5) is 2.38. The second-order valence-corrected chi connectivity index (χ2v) is 14.3. The number of fused-ring (bicyclic) bond motifs is 2. The van der Waals surface area contributed by atoms with Gasteiger partial charge in [0.05, 0.1) is 5.69 Å². The highest BCUT2D eigenvalue weighted by Crippen LogP contribution is 2.39. The van der Waals surface area contributed by atoms with Gasteiger partial charge in [-0.25, -0.2) is 0 Å². The zero-order valence-corrected chi connectivity index (χ0v) is 32.7. The standard InChI is InChI=1S/C36H35N.C11H10.C7H8/c1-3-4-5-6-7-11-29-18-24-33(25-19-29)37(36-15-10-13-32-12-8-9-14-35(32)36)34-26-22-31(23-27-34)30-20-16-28(2)17-21-30;1-9-5-4-7-10-6-2-3-8-11(9)10;1-7-5-3-2-4-6-7/h3,8-10,12-27H,1,4-7,11H2,2H3;2-8H,1H3;2-6H,1H3. The molecule has 0 aliphatic rings. The number of aryl methyl sites for hydroxylation is 4. The van der Waals surface area contributed by atoms with Crippen LogP contribution in [0, 0.1) is 20.8 Å². The predicted octanol–water partition coefficient (Wildman–Crippen LogP) is 15.7. The maximum atomic E-state index is 3.83. The van der Waals surface area contributed by atoms with Gasteiger partial charge < -0.3 is 4.90 Å². The lowest BCUT2D eigenvalue weighted by Crippen LogP contribution is -2.10. The quantitative estimate of drug-likeness (QED) is 0.101. The molecule has 0 N–H and O–H groups in total. The summed E-state index contributed by atoms with van der Waals surface area (Å²) < 4.78 is 0. The summed E-state index contributed by atoms with van der Waals surface area (Å²) in [5, 5.41) is 5.18. The average molecular weight is 716 g/mol. The summed E-state index contributed by atoms with van der Waals surface area (Å²) >= 11 is 0. The van der Waals surface area contributed by atoms with Crippen LogP contribution >= 0.6 is 0 Å². The van der Waals surface area contributed by atoms with Gasteiger partial charge in [0.25, 0.3) is 0 Å². The number of benzene rings is 8. The lowest BCUT2D eigenvalue weighted by molar-refractivity contribution is 0.687. The highest BCUT2D eigenvalue weighted by atomic mass is 15.1. The van der Waals surface area contributed by atoms with E-state index in [4.69, 9.17) is 0 Å². The Hall–Kier alpha value is -6.18. The largest absolute Gasteiger partial charge is 0.310 e. The van der Waals surface area contributed by atoms with Gasteiger partial charge in [0, 0.05) is 16.8 Å². The summed E-state index contributed by atoms with van der Waals surface area (Å²) in [5.74, 6) is 0. The van der Waals surface area contributed by atoms with Crippen LogP contribution in [0.5, 0.6) is 0 Å². The van der Waals surface area contributed by atoms with Crippen molar-refractivity contribution in [1.29, 1.82) is 0 Å². The molecule has 55 heavy (non-hydrogen) atoms. The number of unbranched alkanes of at least 4 members (excludes halogenated alkanes) is 3. The van der Waals surface area contributed by atoms with E-state index < -0.39 is 0 Å². The minimum absolute atomic E-state index is 1.11. The van der Waals surface area contributed by atoms with E-state index in [2.05, 4.69) is 202 Å². The molecule has 1 nitrogen and oxygen atoms in total. The molecule has 0 unspecified atom stereocenters. The maximum absolute atomic E-state index is 3.83. The molecule has 8 aromatic rings. The van der Waals surface area contributed by atoms with E-state index in [0.717, 1.165) is 18.5 Å². The van der Waals surface area contributed by atoms with Crippen molar-refractivity contribution in [3.63, 3.8) is 0 Å². The van der Waals surface area contributed by atoms with Gasteiger partial charge >= 0.3 is 0 Å². The SMILES string of the molecule is C=CCCCCCc1ccc(N(c2ccc(-c3ccc(C)cc3)cc2)c2cccc3ccccc23)cc1.Cc1cccc2ccccc12.Cc1ccccc1. The molecule has 0 saturated heterocycles. The zero-order chi connectivity index (χ0) is 38.2. The topological polar surface area (TPSA) is 3.24 Å². The first-order chi connectivity index (χ1) is 27.0. The molecule has 0 aromatic heterocycles. The summed E-state index contributed by atoms with van der Waals surface area (Å²) in [6.07, 6.45) is 7.96. The monoisotopic (exact) mass is 715 g/mol. The Morgan fingerprint density at radius 1 is 0.436 bits per heavy atom. The lowest BCUT2D eigenvalue weighted by atomic mass is 10.0. The third kappa shape index (κ3) is 10.7. The number of hydrogen-bond donors (Lipinski definition) is 0. The molecule has 0 spiro atoms. The third-order valence-electron chi connectivity index (χ3n) is 10.0. The van der Waals surface area contributed by atoms with Gasteiger partial charge in [-0.1, -0.05) is 181 Å². The van der Waals surface area contributed by atoms with Crippen molar-refractivity contribution in [2.45, 2.75) is 52.9 Å². The fraction of sp³-hybridized carbons (Fsp3) is 0.148. The first-order valence-corrected chi connectivity index (χ1v) is 19.6. The molecule has 0 aliphatic heterocycles. The van der Waals surface area contributed by atoms with Crippen molar-refractivity contribution in [3.8, 4) is 11.1 Å². The fourth-order valence-corrected chi connectivity index (χ4v) is 6.91. The van der Waals surface area contributed by atoms with Gasteiger partial charge in [-0.2, -0.15) is 0 Å². The normalized spacial score (nSPS) is 10.5. The molecule has 0 aliphatic carbocycles. The lowest BCUT2D eigenvalue weighted by Gasteiger charge is -2.27. The van der Waals surface area contributed by atoms with Crippen LogP contribution < -0.4 is 4.90 Å². The van der Waals surface area contributed by atoms with Crippen LogP contribution in [0.1, 0.15) is 47.9 Å². The van der Waals surface area contributed by atoms with Crippen LogP contribution in [0.25, 0.3) is 32.7 Å². The highest BCUT2D eigenvalue weighted by molar-refractivity contribution is 5.99. The number of allylic oxidation sites excluding steroid dienone is 1. The van der Waals surface area contributed by atoms with Crippen molar-refractivity contribution in [3.05, 3.63) is 223 Å². The van der Waals surface area contributed by atoms with E-state index in [0.29, 0.717) is 0 Å². The Morgan fingerprint density at radius 3 is 1.55 bits per heavy atom. The Kier molecular flexibility index (Phi) is 13.9. The van der Waals surface area contributed by atoms with Crippen molar-refractivity contribution >= 4 is 38.6 Å². The molecule has 0 saturated carbocycles. The van der Waals surface area contributed by atoms with Crippen LogP contribution in [0.4, 0.5) is 17.1 Å². The molecule has 0 bridgehead atoms. The van der Waals surface area contributed by atoms with Gasteiger partial charge in [-0.05, 0) is 115 Å². The van der Waals surface area contributed by atoms with Crippen LogP contribution in [-0.4, -0.2) is 0 Å². The second kappa shape index (κ2) is 19.8. The Bertz CT molecular complexity index is 2360. The first-order valence-electron chi connectivity index (χ1n) is 19.6. The number of hydrogen-bond acceptors (Lipinski definition) is 1. The smallest absolute Gasteiger partial charge is 0.0540 e. The molecular formula is C54H53N. The number of nitrogens with zero attached hydrogens (tertiary/aromatic N) is 1. The van der Waals surface area contributed by atoms with Crippen molar-refractivity contribution in [1.82, 2.24) is 0 Å². The second-order valence-electron chi connectivity index (χ2n) is 14.3. The minimum Gasteiger partial charge on any atom is -0.310 e. The van der Waals surface area contributed by atoms with Crippen LogP contribution in [-0.2, 0) is 6.42 Å². The molecule has 274 valence electrons. The molecule has 0 radical (unpaired) electrons.